The van der Waals surface area contributed by atoms with E-state index in [1.165, 1.54) is 154 Å². The smallest absolute Gasteiger partial charge is 0.306 e. The Bertz CT molecular complexity index is 1210. The number of hydrogen-bond donors (Lipinski definition) is 0. The molecule has 0 rings (SSSR count). The molecule has 0 aromatic rings. The Balaban J connectivity index is 4.31. The first-order chi connectivity index (χ1) is 33.0. The second kappa shape index (κ2) is 55.7. The van der Waals surface area contributed by atoms with Crippen molar-refractivity contribution in [2.45, 2.75) is 297 Å². The highest BCUT2D eigenvalue weighted by Crippen LogP contribution is 2.16. The Morgan fingerprint density at radius 1 is 0.313 bits per heavy atom. The van der Waals surface area contributed by atoms with Gasteiger partial charge in [0.25, 0.3) is 0 Å². The van der Waals surface area contributed by atoms with Crippen molar-refractivity contribution in [3.63, 3.8) is 0 Å². The minimum atomic E-state index is -0.778. The molecule has 0 radical (unpaired) electrons. The highest BCUT2D eigenvalue weighted by molar-refractivity contribution is 5.71. The summed E-state index contributed by atoms with van der Waals surface area (Å²) in [4.78, 5) is 38.1. The number of rotatable bonds is 52. The van der Waals surface area contributed by atoms with Gasteiger partial charge in [-0.25, -0.2) is 0 Å². The monoisotopic (exact) mass is 937 g/mol. The molecule has 0 N–H and O–H groups in total. The lowest BCUT2D eigenvalue weighted by Crippen LogP contribution is -2.30. The average molecular weight is 938 g/mol. The van der Waals surface area contributed by atoms with Gasteiger partial charge in [-0.1, -0.05) is 255 Å². The molecule has 0 aliphatic heterocycles. The number of carbonyl (C=O) groups excluding carboxylic acids is 3. The van der Waals surface area contributed by atoms with E-state index in [-0.39, 0.29) is 31.1 Å². The first-order valence-corrected chi connectivity index (χ1v) is 28.8. The van der Waals surface area contributed by atoms with E-state index in [2.05, 4.69) is 81.5 Å². The van der Waals surface area contributed by atoms with Crippen LogP contribution in [0.15, 0.2) is 60.8 Å². The first-order valence-electron chi connectivity index (χ1n) is 28.8. The molecule has 0 aromatic heterocycles. The Labute approximate surface area is 415 Å². The number of unbranched alkanes of at least 4 members (excludes halogenated alkanes) is 31. The molecule has 0 fully saturated rings. The maximum atomic E-state index is 12.8. The maximum Gasteiger partial charge on any atom is 0.306 e. The van der Waals surface area contributed by atoms with Crippen molar-refractivity contribution in [3.8, 4) is 0 Å². The molecule has 0 aliphatic rings. The van der Waals surface area contributed by atoms with Crippen molar-refractivity contribution < 1.29 is 28.6 Å². The van der Waals surface area contributed by atoms with Crippen molar-refractivity contribution in [2.75, 3.05) is 13.2 Å². The normalized spacial score (nSPS) is 12.5. The van der Waals surface area contributed by atoms with Crippen LogP contribution in [0.5, 0.6) is 0 Å². The van der Waals surface area contributed by atoms with Gasteiger partial charge in [-0.3, -0.25) is 14.4 Å². The van der Waals surface area contributed by atoms with Crippen LogP contribution < -0.4 is 0 Å². The second-order valence-electron chi connectivity index (χ2n) is 19.2. The van der Waals surface area contributed by atoms with E-state index in [0.29, 0.717) is 19.3 Å². The van der Waals surface area contributed by atoms with E-state index in [1.54, 1.807) is 0 Å². The highest BCUT2D eigenvalue weighted by Gasteiger charge is 2.19. The molecule has 0 saturated heterocycles. The summed E-state index contributed by atoms with van der Waals surface area (Å²) in [6, 6.07) is 0. The quantitative estimate of drug-likeness (QED) is 0.0262. The van der Waals surface area contributed by atoms with Crippen LogP contribution >= 0.6 is 0 Å². The largest absolute Gasteiger partial charge is 0.462 e. The van der Waals surface area contributed by atoms with Gasteiger partial charge < -0.3 is 14.2 Å². The van der Waals surface area contributed by atoms with Crippen molar-refractivity contribution in [2.24, 2.45) is 0 Å². The highest BCUT2D eigenvalue weighted by atomic mass is 16.6. The van der Waals surface area contributed by atoms with E-state index in [9.17, 15) is 14.4 Å². The summed E-state index contributed by atoms with van der Waals surface area (Å²) >= 11 is 0. The molecule has 0 saturated carbocycles. The molecule has 67 heavy (non-hydrogen) atoms. The molecule has 0 bridgehead atoms. The molecule has 0 aliphatic carbocycles. The standard InChI is InChI=1S/C61H108O6/c1-4-7-10-13-16-19-22-24-26-28-29-30-31-33-34-36-39-42-45-48-51-54-60(63)66-57-58(56-65-59(62)53-50-47-44-41-38-21-18-15-12-9-6-3)67-61(64)55-52-49-46-43-40-37-35-32-27-25-23-20-17-14-11-8-5-2/h7,10,15-16,18-19,24,26,29-30,58H,4-6,8-9,11-14,17,20-23,25,27-28,31-57H2,1-3H3/b10-7-,18-15-,19-16-,26-24-,30-29-. The van der Waals surface area contributed by atoms with E-state index in [0.717, 1.165) is 96.3 Å². The Hall–Kier alpha value is -2.89. The van der Waals surface area contributed by atoms with E-state index >= 15 is 0 Å². The van der Waals surface area contributed by atoms with Gasteiger partial charge in [0.2, 0.25) is 0 Å². The van der Waals surface area contributed by atoms with Gasteiger partial charge in [-0.15, -0.1) is 0 Å². The third-order valence-electron chi connectivity index (χ3n) is 12.5. The van der Waals surface area contributed by atoms with Gasteiger partial charge >= 0.3 is 17.9 Å². The first kappa shape index (κ1) is 64.1. The van der Waals surface area contributed by atoms with Crippen LogP contribution in [-0.4, -0.2) is 37.2 Å². The fourth-order valence-electron chi connectivity index (χ4n) is 8.18. The van der Waals surface area contributed by atoms with Gasteiger partial charge in [-0.05, 0) is 77.0 Å². The van der Waals surface area contributed by atoms with Crippen LogP contribution in [0.4, 0.5) is 0 Å². The van der Waals surface area contributed by atoms with Crippen molar-refractivity contribution in [1.29, 1.82) is 0 Å². The summed E-state index contributed by atoms with van der Waals surface area (Å²) in [7, 11) is 0. The summed E-state index contributed by atoms with van der Waals surface area (Å²) in [5, 5.41) is 0. The third-order valence-corrected chi connectivity index (χ3v) is 12.5. The van der Waals surface area contributed by atoms with Crippen LogP contribution in [0.25, 0.3) is 0 Å². The molecule has 1 unspecified atom stereocenters. The number of esters is 3. The zero-order chi connectivity index (χ0) is 48.6. The number of hydrogen-bond acceptors (Lipinski definition) is 6. The summed E-state index contributed by atoms with van der Waals surface area (Å²) in [6.07, 6.45) is 69.3. The molecule has 388 valence electrons. The van der Waals surface area contributed by atoms with Gasteiger partial charge in [-0.2, -0.15) is 0 Å². The lowest BCUT2D eigenvalue weighted by molar-refractivity contribution is -0.167. The Kier molecular flexibility index (Phi) is 53.3. The predicted octanol–water partition coefficient (Wildman–Crippen LogP) is 19.2. The maximum absolute atomic E-state index is 12.8. The molecule has 1 atom stereocenters. The average Bonchev–Trinajstić information content (AvgIpc) is 3.33. The van der Waals surface area contributed by atoms with Gasteiger partial charge in [0.15, 0.2) is 6.10 Å². The summed E-state index contributed by atoms with van der Waals surface area (Å²) in [6.45, 7) is 6.50. The summed E-state index contributed by atoms with van der Waals surface area (Å²) < 4.78 is 16.8. The molecule has 0 aromatic carbocycles. The fourth-order valence-corrected chi connectivity index (χ4v) is 8.18. The zero-order valence-corrected chi connectivity index (χ0v) is 44.4. The molecule has 6 nitrogen and oxygen atoms in total. The number of carbonyl (C=O) groups is 3. The van der Waals surface area contributed by atoms with E-state index < -0.39 is 6.10 Å². The number of allylic oxidation sites excluding steroid dienone is 10. The second-order valence-corrected chi connectivity index (χ2v) is 19.2. The predicted molar refractivity (Wildman–Crippen MR) is 288 cm³/mol. The Morgan fingerprint density at radius 3 is 0.970 bits per heavy atom. The van der Waals surface area contributed by atoms with Crippen LogP contribution in [0.3, 0.4) is 0 Å². The van der Waals surface area contributed by atoms with Crippen molar-refractivity contribution in [1.82, 2.24) is 0 Å². The molecule has 6 heteroatoms. The van der Waals surface area contributed by atoms with Crippen LogP contribution in [0.2, 0.25) is 0 Å². The van der Waals surface area contributed by atoms with E-state index in [4.69, 9.17) is 14.2 Å². The van der Waals surface area contributed by atoms with Crippen LogP contribution in [0.1, 0.15) is 290 Å². The lowest BCUT2D eigenvalue weighted by atomic mass is 10.0. The fraction of sp³-hybridized carbons (Fsp3) is 0.787. The minimum Gasteiger partial charge on any atom is -0.462 e. The zero-order valence-electron chi connectivity index (χ0n) is 44.4. The van der Waals surface area contributed by atoms with Gasteiger partial charge in [0.05, 0.1) is 0 Å². The minimum absolute atomic E-state index is 0.0787. The number of ether oxygens (including phenoxy) is 3. The van der Waals surface area contributed by atoms with Crippen LogP contribution in [-0.2, 0) is 28.6 Å². The molecular formula is C61H108O6. The molecule has 0 spiro atoms. The van der Waals surface area contributed by atoms with Crippen molar-refractivity contribution in [3.05, 3.63) is 60.8 Å². The van der Waals surface area contributed by atoms with Gasteiger partial charge in [0, 0.05) is 19.3 Å². The molecular weight excluding hydrogens is 829 g/mol. The molecule has 0 heterocycles. The van der Waals surface area contributed by atoms with E-state index in [1.807, 2.05) is 0 Å². The molecule has 0 amide bonds. The van der Waals surface area contributed by atoms with Crippen molar-refractivity contribution >= 4 is 17.9 Å². The third kappa shape index (κ3) is 53.9. The summed E-state index contributed by atoms with van der Waals surface area (Å²) in [5.74, 6) is -0.883. The van der Waals surface area contributed by atoms with Gasteiger partial charge in [0.1, 0.15) is 13.2 Å². The van der Waals surface area contributed by atoms with Crippen LogP contribution in [0, 0.1) is 0 Å². The topological polar surface area (TPSA) is 78.9 Å². The lowest BCUT2D eigenvalue weighted by Gasteiger charge is -2.18. The Morgan fingerprint density at radius 2 is 0.597 bits per heavy atom. The SMILES string of the molecule is CC/C=C\C/C=C\C/C=C\C/C=C\CCCCCCCCCCC(=O)OCC(COC(=O)CCCCCCC/C=C\CCCC)OC(=O)CCCCCCCCCCCCCCCCCCC. The summed E-state index contributed by atoms with van der Waals surface area (Å²) in [5.41, 5.74) is 0.